The highest BCUT2D eigenvalue weighted by atomic mass is 16.5. The first-order valence-electron chi connectivity index (χ1n) is 5.99. The smallest absolute Gasteiger partial charge is 0.255 e. The molecular formula is C13H21N3O3. The lowest BCUT2D eigenvalue weighted by Gasteiger charge is -2.27. The van der Waals surface area contributed by atoms with Gasteiger partial charge in [0, 0.05) is 19.3 Å². The van der Waals surface area contributed by atoms with E-state index in [1.54, 1.807) is 13.0 Å². The summed E-state index contributed by atoms with van der Waals surface area (Å²) in [7, 11) is 5.21. The molecule has 1 rings (SSSR count). The molecule has 106 valence electrons. The summed E-state index contributed by atoms with van der Waals surface area (Å²) in [4.78, 5) is 17.8. The van der Waals surface area contributed by atoms with Crippen LogP contribution in [0.5, 0.6) is 5.75 Å². The third-order valence-electron chi connectivity index (χ3n) is 2.54. The number of amides is 1. The van der Waals surface area contributed by atoms with Crippen LogP contribution in [0.4, 0.5) is 0 Å². The van der Waals surface area contributed by atoms with Crippen LogP contribution in [0, 0.1) is 0 Å². The molecule has 0 spiro atoms. The fourth-order valence-corrected chi connectivity index (χ4v) is 1.83. The number of rotatable bonds is 6. The normalized spacial score (nSPS) is 14.0. The molecule has 0 saturated heterocycles. The number of aromatic nitrogens is 1. The zero-order valence-electron chi connectivity index (χ0n) is 11.8. The van der Waals surface area contributed by atoms with E-state index in [4.69, 9.17) is 4.74 Å². The highest BCUT2D eigenvalue weighted by molar-refractivity contribution is 5.96. The minimum absolute atomic E-state index is 0.162. The highest BCUT2D eigenvalue weighted by Crippen LogP contribution is 2.15. The Labute approximate surface area is 113 Å². The molecule has 0 aromatic carbocycles. The minimum atomic E-state index is -0.987. The first-order chi connectivity index (χ1) is 8.85. The number of likely N-dealkylation sites (N-methyl/N-ethyl adjacent to an activating group) is 1. The minimum Gasteiger partial charge on any atom is -0.494 e. The number of ether oxygens (including phenoxy) is 1. The van der Waals surface area contributed by atoms with Crippen molar-refractivity contribution in [2.24, 2.45) is 0 Å². The van der Waals surface area contributed by atoms with Crippen LogP contribution in [0.25, 0.3) is 0 Å². The van der Waals surface area contributed by atoms with Gasteiger partial charge in [-0.05, 0) is 27.1 Å². The van der Waals surface area contributed by atoms with E-state index in [9.17, 15) is 9.90 Å². The number of pyridine rings is 1. The number of nitrogens with zero attached hydrogens (tertiary/aromatic N) is 2. The molecule has 0 radical (unpaired) electrons. The number of hydrogen-bond donors (Lipinski definition) is 2. The van der Waals surface area contributed by atoms with Crippen molar-refractivity contribution in [2.75, 3.05) is 34.3 Å². The highest BCUT2D eigenvalue weighted by Gasteiger charge is 2.23. The van der Waals surface area contributed by atoms with Crippen molar-refractivity contribution in [3.05, 3.63) is 24.0 Å². The fourth-order valence-electron chi connectivity index (χ4n) is 1.83. The molecule has 0 bridgehead atoms. The molecule has 1 atom stereocenters. The SMILES string of the molecule is COc1cnccc1C(=O)NCC(C)(O)CN(C)C. The quantitative estimate of drug-likeness (QED) is 0.766. The molecule has 0 aliphatic rings. The Balaban J connectivity index is 2.65. The van der Waals surface area contributed by atoms with Crippen LogP contribution in [0.15, 0.2) is 18.5 Å². The van der Waals surface area contributed by atoms with Gasteiger partial charge < -0.3 is 20.1 Å². The number of hydrogen-bond acceptors (Lipinski definition) is 5. The van der Waals surface area contributed by atoms with E-state index < -0.39 is 5.60 Å². The van der Waals surface area contributed by atoms with Crippen molar-refractivity contribution in [2.45, 2.75) is 12.5 Å². The first-order valence-corrected chi connectivity index (χ1v) is 5.99. The average molecular weight is 267 g/mol. The van der Waals surface area contributed by atoms with Crippen molar-refractivity contribution in [1.82, 2.24) is 15.2 Å². The van der Waals surface area contributed by atoms with Gasteiger partial charge in [0.1, 0.15) is 5.75 Å². The molecule has 19 heavy (non-hydrogen) atoms. The Morgan fingerprint density at radius 2 is 2.26 bits per heavy atom. The molecule has 2 N–H and O–H groups in total. The van der Waals surface area contributed by atoms with E-state index in [-0.39, 0.29) is 12.5 Å². The topological polar surface area (TPSA) is 74.7 Å². The van der Waals surface area contributed by atoms with Crippen LogP contribution in [-0.2, 0) is 0 Å². The molecule has 0 fully saturated rings. The van der Waals surface area contributed by atoms with Gasteiger partial charge in [-0.15, -0.1) is 0 Å². The van der Waals surface area contributed by atoms with Crippen LogP contribution in [0.2, 0.25) is 0 Å². The Morgan fingerprint density at radius 1 is 1.58 bits per heavy atom. The molecule has 6 heteroatoms. The van der Waals surface area contributed by atoms with E-state index in [2.05, 4.69) is 10.3 Å². The summed E-state index contributed by atoms with van der Waals surface area (Å²) in [5.41, 5.74) is -0.586. The third-order valence-corrected chi connectivity index (χ3v) is 2.54. The second-order valence-electron chi connectivity index (χ2n) is 4.99. The molecule has 1 unspecified atom stereocenters. The maximum absolute atomic E-state index is 12.0. The fraction of sp³-hybridized carbons (Fsp3) is 0.538. The van der Waals surface area contributed by atoms with Gasteiger partial charge in [-0.2, -0.15) is 0 Å². The van der Waals surface area contributed by atoms with Crippen molar-refractivity contribution in [3.63, 3.8) is 0 Å². The maximum Gasteiger partial charge on any atom is 0.255 e. The zero-order chi connectivity index (χ0) is 14.5. The van der Waals surface area contributed by atoms with Gasteiger partial charge in [-0.1, -0.05) is 0 Å². The molecular weight excluding hydrogens is 246 g/mol. The Morgan fingerprint density at radius 3 is 2.84 bits per heavy atom. The molecule has 1 amide bonds. The number of nitrogens with one attached hydrogen (secondary N) is 1. The lowest BCUT2D eigenvalue weighted by molar-refractivity contribution is 0.0325. The first kappa shape index (κ1) is 15.4. The number of carbonyl (C=O) groups excluding carboxylic acids is 1. The Kier molecular flexibility index (Phi) is 5.26. The summed E-state index contributed by atoms with van der Waals surface area (Å²) < 4.78 is 5.07. The van der Waals surface area contributed by atoms with Gasteiger partial charge in [0.2, 0.25) is 0 Å². The second-order valence-corrected chi connectivity index (χ2v) is 4.99. The van der Waals surface area contributed by atoms with Gasteiger partial charge in [0.15, 0.2) is 0 Å². The Hall–Kier alpha value is -1.66. The number of carbonyl (C=O) groups is 1. The van der Waals surface area contributed by atoms with Crippen LogP contribution in [0.1, 0.15) is 17.3 Å². The summed E-state index contributed by atoms with van der Waals surface area (Å²) in [5.74, 6) is 0.116. The van der Waals surface area contributed by atoms with Crippen molar-refractivity contribution in [3.8, 4) is 5.75 Å². The predicted octanol–water partition coefficient (Wildman–Crippen LogP) is 0.133. The number of aliphatic hydroxyl groups is 1. The molecule has 1 aromatic rings. The summed E-state index contributed by atoms with van der Waals surface area (Å²) in [6, 6.07) is 1.58. The van der Waals surface area contributed by atoms with Gasteiger partial charge in [-0.3, -0.25) is 9.78 Å². The van der Waals surface area contributed by atoms with Gasteiger partial charge >= 0.3 is 0 Å². The van der Waals surface area contributed by atoms with Crippen LogP contribution < -0.4 is 10.1 Å². The van der Waals surface area contributed by atoms with Crippen LogP contribution >= 0.6 is 0 Å². The maximum atomic E-state index is 12.0. The summed E-state index contributed by atoms with van der Waals surface area (Å²) in [5, 5.41) is 12.8. The third kappa shape index (κ3) is 4.84. The van der Waals surface area contributed by atoms with E-state index in [0.29, 0.717) is 17.9 Å². The van der Waals surface area contributed by atoms with Crippen LogP contribution in [0.3, 0.4) is 0 Å². The Bertz CT molecular complexity index is 433. The molecule has 1 heterocycles. The van der Waals surface area contributed by atoms with Crippen molar-refractivity contribution < 1.29 is 14.6 Å². The van der Waals surface area contributed by atoms with E-state index in [1.807, 2.05) is 19.0 Å². The van der Waals surface area contributed by atoms with E-state index in [1.165, 1.54) is 19.5 Å². The van der Waals surface area contributed by atoms with Gasteiger partial charge in [-0.25, -0.2) is 0 Å². The van der Waals surface area contributed by atoms with Crippen molar-refractivity contribution >= 4 is 5.91 Å². The summed E-state index contributed by atoms with van der Waals surface area (Å²) in [6.45, 7) is 2.30. The molecule has 0 saturated carbocycles. The predicted molar refractivity (Wildman–Crippen MR) is 72.3 cm³/mol. The largest absolute Gasteiger partial charge is 0.494 e. The van der Waals surface area contributed by atoms with E-state index in [0.717, 1.165) is 0 Å². The lowest BCUT2D eigenvalue weighted by atomic mass is 10.1. The lowest BCUT2D eigenvalue weighted by Crippen LogP contribution is -2.47. The van der Waals surface area contributed by atoms with Crippen molar-refractivity contribution in [1.29, 1.82) is 0 Å². The monoisotopic (exact) mass is 267 g/mol. The standard InChI is InChI=1S/C13H21N3O3/c1-13(18,9-16(2)3)8-15-12(17)10-5-6-14-7-11(10)19-4/h5-7,18H,8-9H2,1-4H3,(H,15,17). The number of methoxy groups -OCH3 is 1. The second kappa shape index (κ2) is 6.49. The van der Waals surface area contributed by atoms with E-state index >= 15 is 0 Å². The summed E-state index contributed by atoms with van der Waals surface area (Å²) in [6.07, 6.45) is 3.00. The molecule has 1 aromatic heterocycles. The zero-order valence-corrected chi connectivity index (χ0v) is 11.8. The van der Waals surface area contributed by atoms with Gasteiger partial charge in [0.25, 0.3) is 5.91 Å². The average Bonchev–Trinajstić information content (AvgIpc) is 2.34. The molecule has 6 nitrogen and oxygen atoms in total. The summed E-state index contributed by atoms with van der Waals surface area (Å²) >= 11 is 0. The van der Waals surface area contributed by atoms with Gasteiger partial charge in [0.05, 0.1) is 24.5 Å². The molecule has 0 aliphatic heterocycles. The van der Waals surface area contributed by atoms with Crippen LogP contribution in [-0.4, -0.2) is 60.8 Å². The molecule has 0 aliphatic carbocycles.